The molecule has 0 bridgehead atoms. The maximum atomic E-state index is 12.7. The minimum Gasteiger partial charge on any atom is -0.481 e. The number of carboxylic acids is 1. The number of aliphatic carboxylic acids is 1. The highest BCUT2D eigenvalue weighted by atomic mass is 19.4. The lowest BCUT2D eigenvalue weighted by atomic mass is 9.90. The van der Waals surface area contributed by atoms with Crippen LogP contribution in [0.5, 0.6) is 0 Å². The molecule has 1 unspecified atom stereocenters. The number of carbonyl (C=O) groups is 2. The van der Waals surface area contributed by atoms with Crippen molar-refractivity contribution in [1.82, 2.24) is 5.32 Å². The molecular formula is C12H12F3NO3. The van der Waals surface area contributed by atoms with Gasteiger partial charge in [-0.2, -0.15) is 13.2 Å². The Hall–Kier alpha value is -2.05. The fourth-order valence-corrected chi connectivity index (χ4v) is 1.25. The van der Waals surface area contributed by atoms with Crippen LogP contribution in [-0.2, 0) is 4.79 Å². The monoisotopic (exact) mass is 275 g/mol. The molecule has 0 aliphatic rings. The molecule has 0 aliphatic carbocycles. The third-order valence-electron chi connectivity index (χ3n) is 2.74. The molecule has 0 saturated heterocycles. The van der Waals surface area contributed by atoms with Crippen molar-refractivity contribution >= 4 is 11.9 Å². The van der Waals surface area contributed by atoms with Crippen molar-refractivity contribution in [3.05, 3.63) is 35.9 Å². The summed E-state index contributed by atoms with van der Waals surface area (Å²) >= 11 is 0. The van der Waals surface area contributed by atoms with Gasteiger partial charge in [0.1, 0.15) is 0 Å². The number of halogens is 3. The van der Waals surface area contributed by atoms with Crippen LogP contribution in [0.1, 0.15) is 17.3 Å². The number of benzene rings is 1. The van der Waals surface area contributed by atoms with Crippen molar-refractivity contribution in [2.75, 3.05) is 6.54 Å². The van der Waals surface area contributed by atoms with Gasteiger partial charge in [0.25, 0.3) is 5.91 Å². The zero-order valence-corrected chi connectivity index (χ0v) is 9.99. The van der Waals surface area contributed by atoms with Crippen molar-refractivity contribution < 1.29 is 27.9 Å². The van der Waals surface area contributed by atoms with Gasteiger partial charge < -0.3 is 10.4 Å². The van der Waals surface area contributed by atoms with Crippen molar-refractivity contribution in [3.63, 3.8) is 0 Å². The number of nitrogens with one attached hydrogen (secondary N) is 1. The third-order valence-corrected chi connectivity index (χ3v) is 2.74. The fraction of sp³-hybridized carbons (Fsp3) is 0.333. The highest BCUT2D eigenvalue weighted by molar-refractivity contribution is 5.94. The Labute approximate surface area is 107 Å². The van der Waals surface area contributed by atoms with Crippen LogP contribution in [0.2, 0.25) is 0 Å². The minimum absolute atomic E-state index is 0.164. The molecule has 19 heavy (non-hydrogen) atoms. The van der Waals surface area contributed by atoms with Gasteiger partial charge in [-0.25, -0.2) is 0 Å². The normalized spacial score (nSPS) is 14.5. The molecular weight excluding hydrogens is 263 g/mol. The number of alkyl halides is 3. The Morgan fingerprint density at radius 1 is 1.21 bits per heavy atom. The molecule has 7 heteroatoms. The van der Waals surface area contributed by atoms with Gasteiger partial charge in [0.2, 0.25) is 0 Å². The van der Waals surface area contributed by atoms with Gasteiger partial charge in [0.15, 0.2) is 5.41 Å². The van der Waals surface area contributed by atoms with E-state index in [-0.39, 0.29) is 5.56 Å². The average Bonchev–Trinajstić information content (AvgIpc) is 2.34. The van der Waals surface area contributed by atoms with Crippen molar-refractivity contribution in [3.8, 4) is 0 Å². The van der Waals surface area contributed by atoms with E-state index in [1.807, 2.05) is 5.32 Å². The lowest BCUT2D eigenvalue weighted by molar-refractivity contribution is -0.224. The fourth-order valence-electron chi connectivity index (χ4n) is 1.25. The summed E-state index contributed by atoms with van der Waals surface area (Å²) in [5.41, 5.74) is -2.85. The Balaban J connectivity index is 2.80. The molecule has 1 atom stereocenters. The zero-order chi connectivity index (χ0) is 14.7. The van der Waals surface area contributed by atoms with Crippen LogP contribution in [0.15, 0.2) is 30.3 Å². The average molecular weight is 275 g/mol. The van der Waals surface area contributed by atoms with E-state index in [1.165, 1.54) is 12.1 Å². The molecule has 1 amide bonds. The molecule has 1 rings (SSSR count). The summed E-state index contributed by atoms with van der Waals surface area (Å²) in [5.74, 6) is -2.79. The smallest absolute Gasteiger partial charge is 0.406 e. The first kappa shape index (κ1) is 15.0. The maximum Gasteiger partial charge on any atom is 0.406 e. The molecule has 1 aromatic carbocycles. The van der Waals surface area contributed by atoms with E-state index in [0.29, 0.717) is 6.92 Å². The number of hydrogen-bond acceptors (Lipinski definition) is 2. The Kier molecular flexibility index (Phi) is 4.18. The van der Waals surface area contributed by atoms with E-state index in [1.54, 1.807) is 18.2 Å². The van der Waals surface area contributed by atoms with Gasteiger partial charge in [-0.05, 0) is 19.1 Å². The number of amides is 1. The van der Waals surface area contributed by atoms with Crippen LogP contribution in [0.4, 0.5) is 13.2 Å². The van der Waals surface area contributed by atoms with Crippen LogP contribution in [0.25, 0.3) is 0 Å². The molecule has 2 N–H and O–H groups in total. The van der Waals surface area contributed by atoms with Crippen molar-refractivity contribution in [2.45, 2.75) is 13.1 Å². The molecule has 1 aromatic rings. The van der Waals surface area contributed by atoms with Crippen molar-refractivity contribution in [1.29, 1.82) is 0 Å². The second-order valence-corrected chi connectivity index (χ2v) is 4.18. The van der Waals surface area contributed by atoms with Crippen LogP contribution in [-0.4, -0.2) is 29.7 Å². The molecule has 0 aromatic heterocycles. The summed E-state index contributed by atoms with van der Waals surface area (Å²) in [6, 6.07) is 7.58. The quantitative estimate of drug-likeness (QED) is 0.884. The standard InChI is InChI=1S/C12H12F3NO3/c1-11(10(18)19,12(13,14)15)7-16-9(17)8-5-3-2-4-6-8/h2-6H,7H2,1H3,(H,16,17)(H,18,19). The summed E-state index contributed by atoms with van der Waals surface area (Å²) < 4.78 is 38.0. The van der Waals surface area contributed by atoms with Gasteiger partial charge in [-0.15, -0.1) is 0 Å². The SMILES string of the molecule is CC(CNC(=O)c1ccccc1)(C(=O)O)C(F)(F)F. The van der Waals surface area contributed by atoms with Crippen LogP contribution >= 0.6 is 0 Å². The van der Waals surface area contributed by atoms with E-state index in [0.717, 1.165) is 0 Å². The Bertz CT molecular complexity index is 473. The highest BCUT2D eigenvalue weighted by Crippen LogP contribution is 2.37. The molecule has 104 valence electrons. The zero-order valence-electron chi connectivity index (χ0n) is 9.99. The summed E-state index contributed by atoms with van der Waals surface area (Å²) in [4.78, 5) is 22.3. The van der Waals surface area contributed by atoms with E-state index < -0.39 is 30.0 Å². The molecule has 0 saturated carbocycles. The van der Waals surface area contributed by atoms with Gasteiger partial charge in [-0.3, -0.25) is 9.59 Å². The predicted molar refractivity (Wildman–Crippen MR) is 60.6 cm³/mol. The van der Waals surface area contributed by atoms with Crippen LogP contribution < -0.4 is 5.32 Å². The molecule has 0 heterocycles. The van der Waals surface area contributed by atoms with E-state index in [2.05, 4.69) is 0 Å². The molecule has 0 spiro atoms. The second kappa shape index (κ2) is 5.29. The molecule has 4 nitrogen and oxygen atoms in total. The first-order valence-electron chi connectivity index (χ1n) is 5.32. The first-order chi connectivity index (χ1) is 8.68. The third kappa shape index (κ3) is 3.24. The van der Waals surface area contributed by atoms with E-state index in [4.69, 9.17) is 5.11 Å². The van der Waals surface area contributed by atoms with Gasteiger partial charge in [0.05, 0.1) is 0 Å². The molecule has 0 fully saturated rings. The predicted octanol–water partition coefficient (Wildman–Crippen LogP) is 2.07. The Morgan fingerprint density at radius 2 is 1.74 bits per heavy atom. The van der Waals surface area contributed by atoms with E-state index >= 15 is 0 Å². The minimum atomic E-state index is -4.96. The Morgan fingerprint density at radius 3 is 2.16 bits per heavy atom. The van der Waals surface area contributed by atoms with Crippen LogP contribution in [0.3, 0.4) is 0 Å². The largest absolute Gasteiger partial charge is 0.481 e. The summed E-state index contributed by atoms with van der Waals surface area (Å²) in [6.45, 7) is -0.500. The summed E-state index contributed by atoms with van der Waals surface area (Å²) in [5, 5.41) is 10.7. The highest BCUT2D eigenvalue weighted by Gasteiger charge is 2.57. The maximum absolute atomic E-state index is 12.7. The number of carboxylic acid groups (broad SMARTS) is 1. The number of hydrogen-bond donors (Lipinski definition) is 2. The van der Waals surface area contributed by atoms with Gasteiger partial charge in [-0.1, -0.05) is 18.2 Å². The number of rotatable bonds is 4. The van der Waals surface area contributed by atoms with Gasteiger partial charge >= 0.3 is 12.1 Å². The van der Waals surface area contributed by atoms with Gasteiger partial charge in [0, 0.05) is 12.1 Å². The first-order valence-corrected chi connectivity index (χ1v) is 5.32. The lowest BCUT2D eigenvalue weighted by Crippen LogP contribution is -2.50. The lowest BCUT2D eigenvalue weighted by Gasteiger charge is -2.27. The van der Waals surface area contributed by atoms with E-state index in [9.17, 15) is 22.8 Å². The summed E-state index contributed by atoms with van der Waals surface area (Å²) in [7, 11) is 0. The molecule has 0 radical (unpaired) electrons. The topological polar surface area (TPSA) is 66.4 Å². The van der Waals surface area contributed by atoms with Crippen molar-refractivity contribution in [2.24, 2.45) is 5.41 Å². The van der Waals surface area contributed by atoms with Crippen LogP contribution in [0, 0.1) is 5.41 Å². The number of carbonyl (C=O) groups excluding carboxylic acids is 1. The second-order valence-electron chi connectivity index (χ2n) is 4.18. The molecule has 0 aliphatic heterocycles. The summed E-state index contributed by atoms with van der Waals surface area (Å²) in [6.07, 6.45) is -4.96.